The summed E-state index contributed by atoms with van der Waals surface area (Å²) in [5.74, 6) is 0.982. The molecule has 0 fully saturated rings. The molecule has 0 saturated carbocycles. The maximum atomic E-state index is 13.5. The molecule has 0 bridgehead atoms. The van der Waals surface area contributed by atoms with Crippen LogP contribution in [0.4, 0.5) is 0 Å². The molecule has 0 radical (unpaired) electrons. The van der Waals surface area contributed by atoms with Crippen LogP contribution < -0.4 is 4.74 Å². The van der Waals surface area contributed by atoms with Crippen molar-refractivity contribution in [3.8, 4) is 5.75 Å². The van der Waals surface area contributed by atoms with Gasteiger partial charge in [-0.2, -0.15) is 4.31 Å². The first-order chi connectivity index (χ1) is 17.2. The molecule has 1 aromatic heterocycles. The Balaban J connectivity index is 1.52. The van der Waals surface area contributed by atoms with Crippen LogP contribution in [0, 0.1) is 6.92 Å². The van der Waals surface area contributed by atoms with Crippen molar-refractivity contribution in [1.29, 1.82) is 0 Å². The van der Waals surface area contributed by atoms with Gasteiger partial charge in [0.05, 0.1) is 17.5 Å². The SMILES string of the molecule is CCN(CC(=O)N1CCc2sccc2C1COc1ccc(C(C)C)cc1)S(=O)(=O)c1ccc(C)cc1. The largest absolute Gasteiger partial charge is 0.491 e. The molecule has 6 nitrogen and oxygen atoms in total. The van der Waals surface area contributed by atoms with Gasteiger partial charge < -0.3 is 9.64 Å². The van der Waals surface area contributed by atoms with E-state index in [1.54, 1.807) is 47.4 Å². The summed E-state index contributed by atoms with van der Waals surface area (Å²) >= 11 is 1.69. The Morgan fingerprint density at radius 2 is 1.81 bits per heavy atom. The van der Waals surface area contributed by atoms with Gasteiger partial charge in [-0.3, -0.25) is 4.79 Å². The average Bonchev–Trinajstić information content (AvgIpc) is 3.35. The maximum absolute atomic E-state index is 13.5. The summed E-state index contributed by atoms with van der Waals surface area (Å²) in [7, 11) is -3.78. The lowest BCUT2D eigenvalue weighted by molar-refractivity contribution is -0.135. The van der Waals surface area contributed by atoms with Crippen LogP contribution in [0.5, 0.6) is 5.75 Å². The second-order valence-corrected chi connectivity index (χ2v) is 12.4. The fraction of sp³-hybridized carbons (Fsp3) is 0.393. The van der Waals surface area contributed by atoms with Crippen molar-refractivity contribution in [2.75, 3.05) is 26.2 Å². The monoisotopic (exact) mass is 526 g/mol. The second kappa shape index (κ2) is 11.2. The molecule has 1 amide bonds. The standard InChI is InChI=1S/C28H34N2O4S2/c1-5-29(36(32,33)24-12-6-21(4)7-13-24)18-28(31)30-16-14-27-25(15-17-35-27)26(30)19-34-23-10-8-22(9-11-23)20(2)3/h6-13,15,17,20,26H,5,14,16,18-19H2,1-4H3. The number of sulfonamides is 1. The molecular formula is C28H34N2O4S2. The number of amides is 1. The fourth-order valence-corrected chi connectivity index (χ4v) is 6.79. The van der Waals surface area contributed by atoms with Gasteiger partial charge in [0.25, 0.3) is 0 Å². The van der Waals surface area contributed by atoms with E-state index in [0.29, 0.717) is 19.1 Å². The molecule has 0 spiro atoms. The molecule has 2 heterocycles. The molecule has 0 N–H and O–H groups in total. The molecule has 8 heteroatoms. The number of fused-ring (bicyclic) bond motifs is 1. The number of nitrogens with zero attached hydrogens (tertiary/aromatic N) is 2. The summed E-state index contributed by atoms with van der Waals surface area (Å²) in [6.07, 6.45) is 0.759. The number of ether oxygens (including phenoxy) is 1. The third-order valence-corrected chi connectivity index (χ3v) is 9.62. The van der Waals surface area contributed by atoms with Crippen molar-refractivity contribution in [3.05, 3.63) is 81.5 Å². The molecule has 36 heavy (non-hydrogen) atoms. The number of aryl methyl sites for hydroxylation is 1. The van der Waals surface area contributed by atoms with Gasteiger partial charge in [0.2, 0.25) is 15.9 Å². The molecule has 1 aliphatic rings. The number of carbonyl (C=O) groups excluding carboxylic acids is 1. The van der Waals surface area contributed by atoms with Crippen molar-refractivity contribution in [2.45, 2.75) is 51.0 Å². The lowest BCUT2D eigenvalue weighted by atomic mass is 10.0. The van der Waals surface area contributed by atoms with Gasteiger partial charge in [-0.05, 0) is 66.1 Å². The quantitative estimate of drug-likeness (QED) is 0.375. The van der Waals surface area contributed by atoms with Gasteiger partial charge in [0, 0.05) is 18.0 Å². The lowest BCUT2D eigenvalue weighted by Gasteiger charge is -2.36. The highest BCUT2D eigenvalue weighted by molar-refractivity contribution is 7.89. The minimum Gasteiger partial charge on any atom is -0.491 e. The predicted molar refractivity (Wildman–Crippen MR) is 144 cm³/mol. The van der Waals surface area contributed by atoms with Crippen LogP contribution in [0.1, 0.15) is 54.3 Å². The van der Waals surface area contributed by atoms with Crippen LogP contribution in [0.2, 0.25) is 0 Å². The number of thiophene rings is 1. The molecule has 1 unspecified atom stereocenters. The third-order valence-electron chi connectivity index (χ3n) is 6.69. The number of carbonyl (C=O) groups is 1. The Morgan fingerprint density at radius 1 is 1.11 bits per heavy atom. The van der Waals surface area contributed by atoms with Crippen molar-refractivity contribution in [2.24, 2.45) is 0 Å². The first-order valence-corrected chi connectivity index (χ1v) is 14.7. The molecule has 1 aliphatic heterocycles. The number of likely N-dealkylation sites (N-methyl/N-ethyl adjacent to an activating group) is 1. The zero-order chi connectivity index (χ0) is 25.9. The molecule has 4 rings (SSSR count). The van der Waals surface area contributed by atoms with E-state index in [0.717, 1.165) is 23.3 Å². The Labute approximate surface area is 218 Å². The van der Waals surface area contributed by atoms with Crippen molar-refractivity contribution >= 4 is 27.3 Å². The molecule has 192 valence electrons. The van der Waals surface area contributed by atoms with Gasteiger partial charge in [-0.15, -0.1) is 11.3 Å². The van der Waals surface area contributed by atoms with Gasteiger partial charge in [-0.1, -0.05) is 50.6 Å². The summed E-state index contributed by atoms with van der Waals surface area (Å²) < 4.78 is 33.9. The Kier molecular flexibility index (Phi) is 8.17. The van der Waals surface area contributed by atoms with Crippen molar-refractivity contribution in [1.82, 2.24) is 9.21 Å². The van der Waals surface area contributed by atoms with Crippen LogP contribution >= 0.6 is 11.3 Å². The zero-order valence-electron chi connectivity index (χ0n) is 21.3. The van der Waals surface area contributed by atoms with Crippen molar-refractivity contribution in [3.63, 3.8) is 0 Å². The minimum absolute atomic E-state index is 0.200. The Hall–Kier alpha value is -2.68. The number of hydrogen-bond acceptors (Lipinski definition) is 5. The highest BCUT2D eigenvalue weighted by Crippen LogP contribution is 2.34. The summed E-state index contributed by atoms with van der Waals surface area (Å²) in [5, 5.41) is 2.04. The highest BCUT2D eigenvalue weighted by atomic mass is 32.2. The highest BCUT2D eigenvalue weighted by Gasteiger charge is 2.34. The van der Waals surface area contributed by atoms with Crippen molar-refractivity contribution < 1.29 is 17.9 Å². The van der Waals surface area contributed by atoms with E-state index in [4.69, 9.17) is 4.74 Å². The van der Waals surface area contributed by atoms with E-state index in [1.807, 2.05) is 24.4 Å². The summed E-state index contributed by atoms with van der Waals surface area (Å²) in [4.78, 5) is 16.8. The summed E-state index contributed by atoms with van der Waals surface area (Å²) in [6, 6.07) is 16.6. The summed E-state index contributed by atoms with van der Waals surface area (Å²) in [6.45, 7) is 8.83. The molecule has 0 saturated heterocycles. The fourth-order valence-electron chi connectivity index (χ4n) is 4.47. The maximum Gasteiger partial charge on any atom is 0.243 e. The Bertz CT molecular complexity index is 1280. The van der Waals surface area contributed by atoms with Gasteiger partial charge in [0.15, 0.2) is 0 Å². The van der Waals surface area contributed by atoms with Gasteiger partial charge in [0.1, 0.15) is 12.4 Å². The van der Waals surface area contributed by atoms with Crippen LogP contribution in [0.25, 0.3) is 0 Å². The topological polar surface area (TPSA) is 66.9 Å². The van der Waals surface area contributed by atoms with Crippen LogP contribution in [-0.4, -0.2) is 49.8 Å². The predicted octanol–water partition coefficient (Wildman–Crippen LogP) is 5.40. The van der Waals surface area contributed by atoms with E-state index in [2.05, 4.69) is 32.0 Å². The van der Waals surface area contributed by atoms with Crippen LogP contribution in [-0.2, 0) is 21.2 Å². The molecular weight excluding hydrogens is 492 g/mol. The normalized spacial score (nSPS) is 15.8. The lowest BCUT2D eigenvalue weighted by Crippen LogP contribution is -2.47. The third kappa shape index (κ3) is 5.66. The molecule has 3 aromatic rings. The van der Waals surface area contributed by atoms with Gasteiger partial charge >= 0.3 is 0 Å². The van der Waals surface area contributed by atoms with E-state index in [9.17, 15) is 13.2 Å². The first-order valence-electron chi connectivity index (χ1n) is 12.4. The average molecular weight is 527 g/mol. The molecule has 1 atom stereocenters. The number of hydrogen-bond donors (Lipinski definition) is 0. The molecule has 0 aliphatic carbocycles. The van der Waals surface area contributed by atoms with Crippen LogP contribution in [0.3, 0.4) is 0 Å². The second-order valence-electron chi connectivity index (χ2n) is 9.43. The van der Waals surface area contributed by atoms with Gasteiger partial charge in [-0.25, -0.2) is 8.42 Å². The van der Waals surface area contributed by atoms with E-state index >= 15 is 0 Å². The summed E-state index contributed by atoms with van der Waals surface area (Å²) in [5.41, 5.74) is 3.31. The number of rotatable bonds is 9. The Morgan fingerprint density at radius 3 is 2.44 bits per heavy atom. The molecule has 2 aromatic carbocycles. The zero-order valence-corrected chi connectivity index (χ0v) is 22.9. The smallest absolute Gasteiger partial charge is 0.243 e. The number of benzene rings is 2. The van der Waals surface area contributed by atoms with Crippen LogP contribution in [0.15, 0.2) is 64.9 Å². The first kappa shape index (κ1) is 26.4. The van der Waals surface area contributed by atoms with E-state index < -0.39 is 10.0 Å². The minimum atomic E-state index is -3.78. The van der Waals surface area contributed by atoms with E-state index in [-0.39, 0.29) is 29.9 Å². The van der Waals surface area contributed by atoms with E-state index in [1.165, 1.54) is 14.7 Å².